The van der Waals surface area contributed by atoms with E-state index in [1.807, 2.05) is 0 Å². The van der Waals surface area contributed by atoms with Crippen molar-refractivity contribution in [2.45, 2.75) is 5.09 Å². The van der Waals surface area contributed by atoms with Crippen LogP contribution in [-0.2, 0) is 10.1 Å². The predicted octanol–water partition coefficient (Wildman–Crippen LogP) is -4.46. The fourth-order valence-corrected chi connectivity index (χ4v) is 1.13. The van der Waals surface area contributed by atoms with Crippen molar-refractivity contribution < 1.29 is 52.1 Å². The molecule has 0 radical (unpaired) electrons. The molecule has 1 aromatic rings. The number of hydrogen-bond acceptors (Lipinski definition) is 6. The maximum atomic E-state index is 10.5. The molecule has 1 rings (SSSR count). The molecule has 0 saturated heterocycles. The zero-order valence-corrected chi connectivity index (χ0v) is 11.0. The molecule has 0 saturated carbocycles. The van der Waals surface area contributed by atoms with E-state index in [1.54, 1.807) is 0 Å². The summed E-state index contributed by atoms with van der Waals surface area (Å²) in [6.45, 7) is 0. The molecule has 0 fully saturated rings. The van der Waals surface area contributed by atoms with Crippen molar-refractivity contribution in [2.24, 2.45) is 15.9 Å². The minimum Gasteiger partial charge on any atom is -0.845 e. The van der Waals surface area contributed by atoms with Crippen molar-refractivity contribution in [3.8, 4) is 0 Å². The number of rotatable bonds is 3. The quantitative estimate of drug-likeness (QED) is 0.183. The van der Waals surface area contributed by atoms with Gasteiger partial charge < -0.3 is 15.3 Å². The summed E-state index contributed by atoms with van der Waals surface area (Å²) in [5.41, 5.74) is 4.65. The Kier molecular flexibility index (Phi) is 5.68. The first-order valence-electron chi connectivity index (χ1n) is 3.50. The van der Waals surface area contributed by atoms with Gasteiger partial charge in [0.1, 0.15) is 5.76 Å². The smallest absolute Gasteiger partial charge is 0.845 e. The van der Waals surface area contributed by atoms with Crippen molar-refractivity contribution in [3.63, 3.8) is 0 Å². The van der Waals surface area contributed by atoms with Crippen LogP contribution in [-0.4, -0.2) is 25.2 Å². The van der Waals surface area contributed by atoms with E-state index >= 15 is 0 Å². The van der Waals surface area contributed by atoms with Crippen LogP contribution >= 0.6 is 0 Å². The van der Waals surface area contributed by atoms with E-state index in [1.165, 1.54) is 6.07 Å². The van der Waals surface area contributed by atoms with Gasteiger partial charge in [0.2, 0.25) is 5.09 Å². The maximum absolute atomic E-state index is 10.5. The van der Waals surface area contributed by atoms with Crippen molar-refractivity contribution in [3.05, 3.63) is 17.9 Å². The van der Waals surface area contributed by atoms with E-state index in [0.717, 1.165) is 12.3 Å². The fraction of sp³-hybridized carbons (Fsp3) is 0. The van der Waals surface area contributed by atoms with Gasteiger partial charge in [-0.3, -0.25) is 4.55 Å². The van der Waals surface area contributed by atoms with Crippen LogP contribution in [0.3, 0.4) is 0 Å². The molecule has 0 aliphatic carbocycles. The van der Waals surface area contributed by atoms with Crippen LogP contribution in [0.5, 0.6) is 0 Å². The monoisotopic (exact) mass is 255 g/mol. The summed E-state index contributed by atoms with van der Waals surface area (Å²) in [5, 5.41) is 15.6. The molecule has 0 aromatic carbocycles. The summed E-state index contributed by atoms with van der Waals surface area (Å²) >= 11 is 0. The molecular weight excluding hydrogens is 249 g/mol. The molecule has 10 heteroatoms. The Morgan fingerprint density at radius 3 is 2.62 bits per heavy atom. The first kappa shape index (κ1) is 15.1. The average molecular weight is 255 g/mol. The van der Waals surface area contributed by atoms with Gasteiger partial charge in [-0.1, -0.05) is 0 Å². The minimum atomic E-state index is -4.37. The van der Waals surface area contributed by atoms with Gasteiger partial charge in [-0.2, -0.15) is 13.5 Å². The molecule has 0 atom stereocenters. The summed E-state index contributed by atoms with van der Waals surface area (Å²) < 4.78 is 34.3. The maximum Gasteiger partial charge on any atom is 1.00 e. The standard InChI is InChI=1S/C6H7N3O5S.Na/c7-6(10)9-8-3-4-1-2-5(14-4)15(11,12)13;/h1-3H,(H3,7,9,10)(H,11,12,13);/q;+1/p-1/b8-3-;. The Balaban J connectivity index is 0.00000225. The molecule has 0 aliphatic heterocycles. The third-order valence-corrected chi connectivity index (χ3v) is 1.93. The molecule has 1 aromatic heterocycles. The van der Waals surface area contributed by atoms with Gasteiger partial charge in [-0.15, -0.1) is 5.10 Å². The minimum absolute atomic E-state index is 0. The van der Waals surface area contributed by atoms with Gasteiger partial charge in [0, 0.05) is 0 Å². The van der Waals surface area contributed by atoms with Gasteiger partial charge in [0.25, 0.3) is 0 Å². The van der Waals surface area contributed by atoms with E-state index in [2.05, 4.69) is 20.4 Å². The number of hydrogen-bond donors (Lipinski definition) is 2. The van der Waals surface area contributed by atoms with Gasteiger partial charge in [0.05, 0.1) is 12.2 Å². The zero-order valence-electron chi connectivity index (χ0n) is 8.19. The normalized spacial score (nSPS) is 12.7. The molecule has 0 spiro atoms. The largest absolute Gasteiger partial charge is 1.00 e. The summed E-state index contributed by atoms with van der Waals surface area (Å²) in [7, 11) is -4.37. The van der Waals surface area contributed by atoms with Gasteiger partial charge in [-0.05, 0) is 12.1 Å². The summed E-state index contributed by atoms with van der Waals surface area (Å²) in [6, 6.07) is 1.26. The molecule has 82 valence electrons. The van der Waals surface area contributed by atoms with Crippen LogP contribution in [0.4, 0.5) is 0 Å². The number of furan rings is 1. The molecule has 8 nitrogen and oxygen atoms in total. The SMILES string of the molecule is NC([O-])=N/N=C\c1ccc(S(=O)(=O)O)o1.[Na+]. The fourth-order valence-electron chi connectivity index (χ4n) is 0.685. The molecule has 3 N–H and O–H groups in total. The molecule has 0 bridgehead atoms. The molecule has 0 amide bonds. The van der Waals surface area contributed by atoms with Crippen LogP contribution in [0.2, 0.25) is 0 Å². The third kappa shape index (κ3) is 4.77. The number of amidine groups is 1. The van der Waals surface area contributed by atoms with E-state index in [0.29, 0.717) is 0 Å². The van der Waals surface area contributed by atoms with E-state index in [-0.39, 0.29) is 35.3 Å². The second-order valence-corrected chi connectivity index (χ2v) is 3.67. The van der Waals surface area contributed by atoms with Crippen molar-refractivity contribution in [2.75, 3.05) is 0 Å². The molecule has 16 heavy (non-hydrogen) atoms. The summed E-state index contributed by atoms with van der Waals surface area (Å²) in [4.78, 5) is 0. The van der Waals surface area contributed by atoms with Crippen LogP contribution < -0.4 is 40.4 Å². The number of nitrogens with zero attached hydrogens (tertiary/aromatic N) is 2. The third-order valence-electron chi connectivity index (χ3n) is 1.20. The van der Waals surface area contributed by atoms with E-state index < -0.39 is 21.2 Å². The van der Waals surface area contributed by atoms with Crippen molar-refractivity contribution >= 4 is 22.4 Å². The Hall–Kier alpha value is -0.870. The second-order valence-electron chi connectivity index (χ2n) is 2.31. The first-order chi connectivity index (χ1) is 6.89. The second kappa shape index (κ2) is 6.01. The Bertz CT molecular complexity index is 502. The van der Waals surface area contributed by atoms with Crippen LogP contribution in [0.25, 0.3) is 0 Å². The Labute approximate surface area is 113 Å². The predicted molar refractivity (Wildman–Crippen MR) is 47.7 cm³/mol. The topological polar surface area (TPSA) is 141 Å². The molecule has 0 aliphatic rings. The van der Waals surface area contributed by atoms with Crippen LogP contribution in [0, 0.1) is 0 Å². The average Bonchev–Trinajstić information content (AvgIpc) is 2.51. The van der Waals surface area contributed by atoms with Crippen molar-refractivity contribution in [1.82, 2.24) is 0 Å². The van der Waals surface area contributed by atoms with E-state index in [9.17, 15) is 13.5 Å². The molecular formula is C6H6N3NaO5S. The molecule has 0 unspecified atom stereocenters. The van der Waals surface area contributed by atoms with Crippen LogP contribution in [0.1, 0.15) is 5.76 Å². The Morgan fingerprint density at radius 2 is 2.19 bits per heavy atom. The van der Waals surface area contributed by atoms with Gasteiger partial charge in [-0.25, -0.2) is 0 Å². The zero-order chi connectivity index (χ0) is 11.5. The summed E-state index contributed by atoms with van der Waals surface area (Å²) in [5.74, 6) is 0.00706. The number of nitrogens with two attached hydrogens (primary N) is 1. The van der Waals surface area contributed by atoms with Crippen LogP contribution in [0.15, 0.2) is 31.8 Å². The van der Waals surface area contributed by atoms with Crippen molar-refractivity contribution in [1.29, 1.82) is 0 Å². The Morgan fingerprint density at radius 1 is 1.56 bits per heavy atom. The van der Waals surface area contributed by atoms with E-state index in [4.69, 9.17) is 4.55 Å². The van der Waals surface area contributed by atoms with Gasteiger partial charge >= 0.3 is 39.7 Å². The van der Waals surface area contributed by atoms with Gasteiger partial charge in [0.15, 0.2) is 0 Å². The first-order valence-corrected chi connectivity index (χ1v) is 4.94. The summed E-state index contributed by atoms with van der Waals surface area (Å²) in [6.07, 6.45) is 0.972. The molecule has 1 heterocycles.